The highest BCUT2D eigenvalue weighted by Gasteiger charge is 2.44. The molecule has 0 aromatic carbocycles. The first-order valence-corrected chi connectivity index (χ1v) is 8.03. The molecule has 0 saturated carbocycles. The Labute approximate surface area is 135 Å². The molecular weight excluding hydrogens is 320 g/mol. The number of urea groups is 1. The van der Waals surface area contributed by atoms with Crippen LogP contribution in [-0.4, -0.2) is 44.3 Å². The van der Waals surface area contributed by atoms with Gasteiger partial charge in [-0.2, -0.15) is 4.98 Å². The number of hydrogen-bond acceptors (Lipinski definition) is 7. The number of nitrogens with zero attached hydrogens (tertiary/aromatic N) is 4. The molecule has 0 N–H and O–H groups in total. The number of thiophene rings is 1. The standard InChI is InChI=1S/C14H14N4O4S/c1-2-3-6-17-12(19)13(20)18(14(17)21)8-10-15-11(16-22-10)9-5-4-7-23-9/h4-5,7H,2-3,6,8H2,1H3. The normalized spacial score (nSPS) is 15.1. The molecule has 1 aliphatic heterocycles. The van der Waals surface area contributed by atoms with Crippen molar-refractivity contribution in [2.24, 2.45) is 0 Å². The number of carbonyl (C=O) groups excluding carboxylic acids is 3. The second kappa shape index (κ2) is 6.29. The maximum absolute atomic E-state index is 12.2. The first kappa shape index (κ1) is 15.3. The number of hydrogen-bond donors (Lipinski definition) is 0. The van der Waals surface area contributed by atoms with Crippen LogP contribution < -0.4 is 0 Å². The second-order valence-corrected chi connectivity index (χ2v) is 5.92. The van der Waals surface area contributed by atoms with Crippen LogP contribution in [-0.2, 0) is 16.1 Å². The van der Waals surface area contributed by atoms with E-state index in [0.29, 0.717) is 12.2 Å². The summed E-state index contributed by atoms with van der Waals surface area (Å²) in [4.78, 5) is 42.8. The topological polar surface area (TPSA) is 96.6 Å². The zero-order valence-electron chi connectivity index (χ0n) is 12.4. The lowest BCUT2D eigenvalue weighted by Gasteiger charge is -2.13. The van der Waals surface area contributed by atoms with Gasteiger partial charge in [0.1, 0.15) is 6.54 Å². The Bertz CT molecular complexity index is 740. The van der Waals surface area contributed by atoms with Gasteiger partial charge in [-0.1, -0.05) is 24.6 Å². The predicted octanol–water partition coefficient (Wildman–Crippen LogP) is 1.89. The van der Waals surface area contributed by atoms with Crippen LogP contribution in [0.3, 0.4) is 0 Å². The molecule has 3 rings (SSSR count). The third-order valence-corrected chi connectivity index (χ3v) is 4.24. The van der Waals surface area contributed by atoms with Gasteiger partial charge in [-0.05, 0) is 17.9 Å². The lowest BCUT2D eigenvalue weighted by Crippen LogP contribution is -2.33. The van der Waals surface area contributed by atoms with Gasteiger partial charge in [0.15, 0.2) is 0 Å². The van der Waals surface area contributed by atoms with Gasteiger partial charge in [-0.25, -0.2) is 9.69 Å². The average molecular weight is 334 g/mol. The number of amides is 4. The Morgan fingerprint density at radius 3 is 2.70 bits per heavy atom. The van der Waals surface area contributed by atoms with E-state index in [0.717, 1.165) is 21.1 Å². The minimum Gasteiger partial charge on any atom is -0.337 e. The number of rotatable bonds is 6. The average Bonchev–Trinajstić information content (AvgIpc) is 3.25. The van der Waals surface area contributed by atoms with Crippen molar-refractivity contribution < 1.29 is 18.9 Å². The fourth-order valence-corrected chi connectivity index (χ4v) is 2.81. The van der Waals surface area contributed by atoms with Crippen molar-refractivity contribution in [2.45, 2.75) is 26.3 Å². The number of aromatic nitrogens is 2. The fraction of sp³-hybridized carbons (Fsp3) is 0.357. The van der Waals surface area contributed by atoms with Crippen molar-refractivity contribution in [3.63, 3.8) is 0 Å². The van der Waals surface area contributed by atoms with Crippen LogP contribution >= 0.6 is 11.3 Å². The third kappa shape index (κ3) is 2.87. The summed E-state index contributed by atoms with van der Waals surface area (Å²) in [7, 11) is 0. The largest absolute Gasteiger partial charge is 0.337 e. The van der Waals surface area contributed by atoms with Crippen molar-refractivity contribution in [3.05, 3.63) is 23.4 Å². The first-order chi connectivity index (χ1) is 11.1. The van der Waals surface area contributed by atoms with Gasteiger partial charge in [0, 0.05) is 6.54 Å². The molecule has 0 atom stereocenters. The highest BCUT2D eigenvalue weighted by molar-refractivity contribution is 7.13. The van der Waals surface area contributed by atoms with Crippen molar-refractivity contribution in [3.8, 4) is 10.7 Å². The molecule has 0 unspecified atom stereocenters. The van der Waals surface area contributed by atoms with Crippen molar-refractivity contribution in [2.75, 3.05) is 6.54 Å². The summed E-state index contributed by atoms with van der Waals surface area (Å²) in [6, 6.07) is 3.05. The van der Waals surface area contributed by atoms with Crippen molar-refractivity contribution in [1.82, 2.24) is 19.9 Å². The zero-order valence-corrected chi connectivity index (χ0v) is 13.2. The molecule has 1 aliphatic rings. The van der Waals surface area contributed by atoms with Crippen LogP contribution in [0.15, 0.2) is 22.0 Å². The minimum atomic E-state index is -0.859. The van der Waals surface area contributed by atoms with Gasteiger partial charge in [0.05, 0.1) is 4.88 Å². The summed E-state index contributed by atoms with van der Waals surface area (Å²) < 4.78 is 5.07. The molecule has 1 fully saturated rings. The summed E-state index contributed by atoms with van der Waals surface area (Å²) in [6.07, 6.45) is 1.47. The molecule has 120 valence electrons. The van der Waals surface area contributed by atoms with Crippen molar-refractivity contribution >= 4 is 29.2 Å². The zero-order chi connectivity index (χ0) is 16.4. The predicted molar refractivity (Wildman–Crippen MR) is 80.2 cm³/mol. The smallest absolute Gasteiger partial charge is 0.334 e. The van der Waals surface area contributed by atoms with Gasteiger partial charge in [-0.15, -0.1) is 11.3 Å². The number of carbonyl (C=O) groups is 3. The molecule has 8 nitrogen and oxygen atoms in total. The van der Waals surface area contributed by atoms with E-state index in [-0.39, 0.29) is 19.0 Å². The Morgan fingerprint density at radius 2 is 2.00 bits per heavy atom. The molecule has 2 aromatic rings. The fourth-order valence-electron chi connectivity index (χ4n) is 2.16. The van der Waals surface area contributed by atoms with Crippen LogP contribution in [0, 0.1) is 0 Å². The van der Waals surface area contributed by atoms with E-state index < -0.39 is 17.8 Å². The Balaban J connectivity index is 1.74. The highest BCUT2D eigenvalue weighted by Crippen LogP contribution is 2.22. The molecule has 0 radical (unpaired) electrons. The Hall–Kier alpha value is -2.55. The molecule has 1 saturated heterocycles. The van der Waals surface area contributed by atoms with E-state index >= 15 is 0 Å². The molecule has 4 amide bonds. The minimum absolute atomic E-state index is 0.111. The SMILES string of the molecule is CCCCN1C(=O)C(=O)N(Cc2nc(-c3cccs3)no2)C1=O. The van der Waals surface area contributed by atoms with E-state index in [4.69, 9.17) is 4.52 Å². The molecular formula is C14H14N4O4S. The molecule has 9 heteroatoms. The molecule has 0 bridgehead atoms. The third-order valence-electron chi connectivity index (χ3n) is 3.37. The Morgan fingerprint density at radius 1 is 1.22 bits per heavy atom. The summed E-state index contributed by atoms with van der Waals surface area (Å²) in [5.74, 6) is -1.16. The van der Waals surface area contributed by atoms with Gasteiger partial charge in [0.25, 0.3) is 0 Å². The quantitative estimate of drug-likeness (QED) is 0.591. The van der Waals surface area contributed by atoms with Crippen LogP contribution in [0.25, 0.3) is 10.7 Å². The van der Waals surface area contributed by atoms with E-state index in [9.17, 15) is 14.4 Å². The molecule has 2 aromatic heterocycles. The summed E-state index contributed by atoms with van der Waals surface area (Å²) in [5.41, 5.74) is 0. The number of unbranched alkanes of at least 4 members (excludes halogenated alkanes) is 1. The van der Waals surface area contributed by atoms with Gasteiger partial charge in [-0.3, -0.25) is 14.5 Å². The van der Waals surface area contributed by atoms with Crippen LogP contribution in [0.2, 0.25) is 0 Å². The van der Waals surface area contributed by atoms with Crippen LogP contribution in [0.5, 0.6) is 0 Å². The van der Waals surface area contributed by atoms with E-state index in [1.165, 1.54) is 11.3 Å². The van der Waals surface area contributed by atoms with Crippen molar-refractivity contribution in [1.29, 1.82) is 0 Å². The summed E-state index contributed by atoms with van der Waals surface area (Å²) >= 11 is 1.45. The molecule has 0 spiro atoms. The van der Waals surface area contributed by atoms with Gasteiger partial charge >= 0.3 is 17.8 Å². The van der Waals surface area contributed by atoms with E-state index in [1.54, 1.807) is 0 Å². The number of imide groups is 2. The molecule has 23 heavy (non-hydrogen) atoms. The summed E-state index contributed by atoms with van der Waals surface area (Å²) in [6.45, 7) is 1.97. The molecule has 3 heterocycles. The van der Waals surface area contributed by atoms with E-state index in [2.05, 4.69) is 10.1 Å². The maximum atomic E-state index is 12.2. The Kier molecular flexibility index (Phi) is 4.20. The maximum Gasteiger partial charge on any atom is 0.334 e. The van der Waals surface area contributed by atoms with Gasteiger partial charge < -0.3 is 4.52 Å². The van der Waals surface area contributed by atoms with Crippen LogP contribution in [0.1, 0.15) is 25.7 Å². The molecule has 0 aliphatic carbocycles. The lowest BCUT2D eigenvalue weighted by atomic mass is 10.3. The summed E-state index contributed by atoms with van der Waals surface area (Å²) in [5, 5.41) is 5.69. The van der Waals surface area contributed by atoms with Gasteiger partial charge in [0.2, 0.25) is 11.7 Å². The first-order valence-electron chi connectivity index (χ1n) is 7.15. The van der Waals surface area contributed by atoms with Crippen LogP contribution in [0.4, 0.5) is 4.79 Å². The highest BCUT2D eigenvalue weighted by atomic mass is 32.1. The second-order valence-electron chi connectivity index (χ2n) is 4.97. The monoisotopic (exact) mass is 334 g/mol. The van der Waals surface area contributed by atoms with E-state index in [1.807, 2.05) is 24.4 Å². The lowest BCUT2D eigenvalue weighted by molar-refractivity contribution is -0.143.